The Morgan fingerprint density at radius 2 is 1.83 bits per heavy atom. The predicted octanol–water partition coefficient (Wildman–Crippen LogP) is 5.26. The summed E-state index contributed by atoms with van der Waals surface area (Å²) < 4.78 is 10.7. The number of aryl methyl sites for hydroxylation is 2. The van der Waals surface area contributed by atoms with Gasteiger partial charge in [-0.25, -0.2) is 4.98 Å². The van der Waals surface area contributed by atoms with Crippen molar-refractivity contribution in [3.8, 4) is 0 Å². The van der Waals surface area contributed by atoms with Crippen molar-refractivity contribution in [2.45, 2.75) is 111 Å². The van der Waals surface area contributed by atoms with Crippen molar-refractivity contribution in [2.24, 2.45) is 46.3 Å². The highest BCUT2D eigenvalue weighted by Crippen LogP contribution is 2.68. The van der Waals surface area contributed by atoms with E-state index in [2.05, 4.69) is 25.8 Å². The average molecular weight is 502 g/mol. The summed E-state index contributed by atoms with van der Waals surface area (Å²) in [5.74, 6) is 4.42. The normalized spacial score (nSPS) is 42.8. The van der Waals surface area contributed by atoms with Crippen molar-refractivity contribution in [3.63, 3.8) is 0 Å². The van der Waals surface area contributed by atoms with E-state index in [0.717, 1.165) is 44.4 Å². The van der Waals surface area contributed by atoms with Crippen LogP contribution in [-0.2, 0) is 22.4 Å². The smallest absolute Gasteiger partial charge is 0.311 e. The number of carbonyl (C=O) groups is 1. The van der Waals surface area contributed by atoms with E-state index in [1.165, 1.54) is 32.8 Å². The summed E-state index contributed by atoms with van der Waals surface area (Å²) in [6.07, 6.45) is 10.3. The fraction of sp³-hybridized carbons (Fsp3) is 0.867. The number of carbonyl (C=O) groups excluding carboxylic acids is 1. The first-order chi connectivity index (χ1) is 17.1. The van der Waals surface area contributed by atoms with Gasteiger partial charge in [0, 0.05) is 6.42 Å². The largest absolute Gasteiger partial charge is 0.469 e. The first kappa shape index (κ1) is 26.2. The van der Waals surface area contributed by atoms with Crippen molar-refractivity contribution in [2.75, 3.05) is 7.11 Å². The molecule has 0 radical (unpaired) electrons. The van der Waals surface area contributed by atoms with Crippen LogP contribution in [0.2, 0.25) is 0 Å². The van der Waals surface area contributed by atoms with E-state index in [-0.39, 0.29) is 35.4 Å². The monoisotopic (exact) mass is 501 g/mol. The number of fused-ring (bicyclic) bond motifs is 5. The van der Waals surface area contributed by atoms with Crippen LogP contribution < -0.4 is 0 Å². The van der Waals surface area contributed by atoms with Gasteiger partial charge < -0.3 is 19.4 Å². The molecule has 4 aliphatic carbocycles. The summed E-state index contributed by atoms with van der Waals surface area (Å²) in [6.45, 7) is 9.27. The van der Waals surface area contributed by atoms with Crippen LogP contribution in [0.15, 0.2) is 4.42 Å². The second-order valence-electron chi connectivity index (χ2n) is 13.3. The number of hydrogen-bond donors (Lipinski definition) is 2. The number of esters is 1. The molecule has 4 saturated carbocycles. The van der Waals surface area contributed by atoms with Gasteiger partial charge in [-0.15, -0.1) is 0 Å². The number of aliphatic hydroxyl groups is 2. The Morgan fingerprint density at radius 3 is 2.58 bits per heavy atom. The van der Waals surface area contributed by atoms with Gasteiger partial charge in [0.05, 0.1) is 31.4 Å². The summed E-state index contributed by atoms with van der Waals surface area (Å²) in [4.78, 5) is 16.2. The van der Waals surface area contributed by atoms with Crippen LogP contribution in [-0.4, -0.2) is 40.5 Å². The van der Waals surface area contributed by atoms with Gasteiger partial charge >= 0.3 is 5.97 Å². The third-order valence-electron chi connectivity index (χ3n) is 11.7. The van der Waals surface area contributed by atoms with E-state index in [1.54, 1.807) is 0 Å². The quantitative estimate of drug-likeness (QED) is 0.517. The molecule has 6 heteroatoms. The maximum atomic E-state index is 11.7. The fourth-order valence-corrected chi connectivity index (χ4v) is 9.70. The van der Waals surface area contributed by atoms with Gasteiger partial charge in [0.25, 0.3) is 0 Å². The third-order valence-corrected chi connectivity index (χ3v) is 11.7. The van der Waals surface area contributed by atoms with E-state index in [4.69, 9.17) is 9.15 Å². The van der Waals surface area contributed by atoms with Gasteiger partial charge in [-0.3, -0.25) is 4.79 Å². The Hall–Kier alpha value is -1.40. The summed E-state index contributed by atoms with van der Waals surface area (Å²) in [6, 6.07) is 0. The molecule has 5 rings (SSSR count). The number of rotatable bonds is 6. The van der Waals surface area contributed by atoms with Crippen LogP contribution in [0.4, 0.5) is 0 Å². The van der Waals surface area contributed by atoms with Gasteiger partial charge in [-0.2, -0.15) is 0 Å². The number of nitrogens with zero attached hydrogens (tertiary/aromatic N) is 1. The van der Waals surface area contributed by atoms with Crippen LogP contribution in [0.1, 0.15) is 95.9 Å². The number of methoxy groups -OCH3 is 1. The van der Waals surface area contributed by atoms with Crippen LogP contribution in [0.3, 0.4) is 0 Å². The minimum atomic E-state index is -0.290. The van der Waals surface area contributed by atoms with E-state index in [0.29, 0.717) is 47.0 Å². The highest BCUT2D eigenvalue weighted by Gasteiger charge is 2.62. The van der Waals surface area contributed by atoms with Crippen molar-refractivity contribution in [1.29, 1.82) is 0 Å². The Morgan fingerprint density at radius 1 is 1.11 bits per heavy atom. The molecule has 202 valence electrons. The minimum absolute atomic E-state index is 0.160. The number of oxazole rings is 1. The highest BCUT2D eigenvalue weighted by molar-refractivity contribution is 5.71. The minimum Gasteiger partial charge on any atom is -0.469 e. The molecule has 2 N–H and O–H groups in total. The topological polar surface area (TPSA) is 92.8 Å². The lowest BCUT2D eigenvalue weighted by molar-refractivity contribution is -0.174. The van der Waals surface area contributed by atoms with Crippen LogP contribution >= 0.6 is 0 Å². The maximum absolute atomic E-state index is 11.7. The second-order valence-corrected chi connectivity index (χ2v) is 13.3. The number of hydrogen-bond acceptors (Lipinski definition) is 6. The molecule has 1 aromatic heterocycles. The molecule has 0 spiro atoms. The van der Waals surface area contributed by atoms with Gasteiger partial charge in [0.1, 0.15) is 5.76 Å². The molecule has 1 heterocycles. The lowest BCUT2D eigenvalue weighted by Gasteiger charge is -2.62. The number of aliphatic hydroxyl groups excluding tert-OH is 2. The fourth-order valence-electron chi connectivity index (χ4n) is 9.70. The molecule has 36 heavy (non-hydrogen) atoms. The highest BCUT2D eigenvalue weighted by atomic mass is 16.5. The molecule has 4 fully saturated rings. The molecule has 0 bridgehead atoms. The maximum Gasteiger partial charge on any atom is 0.311 e. The van der Waals surface area contributed by atoms with Crippen molar-refractivity contribution in [1.82, 2.24) is 4.98 Å². The van der Waals surface area contributed by atoms with Gasteiger partial charge in [0.2, 0.25) is 0 Å². The zero-order chi connectivity index (χ0) is 25.8. The average Bonchev–Trinajstić information content (AvgIpc) is 3.37. The van der Waals surface area contributed by atoms with Crippen LogP contribution in [0.25, 0.3) is 0 Å². The third kappa shape index (κ3) is 4.34. The summed E-state index contributed by atoms with van der Waals surface area (Å²) in [5, 5.41) is 21.8. The van der Waals surface area contributed by atoms with Gasteiger partial charge in [-0.05, 0) is 111 Å². The molecule has 4 aliphatic rings. The molecule has 0 amide bonds. The molecule has 0 saturated heterocycles. The summed E-state index contributed by atoms with van der Waals surface area (Å²) in [5.41, 5.74) is 1.24. The molecular formula is C30H47NO5. The molecule has 6 nitrogen and oxygen atoms in total. The lowest BCUT2D eigenvalue weighted by Crippen LogP contribution is -2.58. The Bertz CT molecular complexity index is 959. The van der Waals surface area contributed by atoms with Crippen molar-refractivity contribution in [3.05, 3.63) is 17.3 Å². The van der Waals surface area contributed by atoms with Crippen molar-refractivity contribution >= 4 is 5.97 Å². The first-order valence-electron chi connectivity index (χ1n) is 14.4. The van der Waals surface area contributed by atoms with E-state index in [9.17, 15) is 15.0 Å². The van der Waals surface area contributed by atoms with Gasteiger partial charge in [-0.1, -0.05) is 20.8 Å². The molecular weight excluding hydrogens is 454 g/mol. The molecule has 0 aromatic carbocycles. The van der Waals surface area contributed by atoms with E-state index < -0.39 is 0 Å². The SMILES string of the molecule is COC(=O)Cc1nc(CC[C@@H](C)[C@H]2CC[C@H]3[C@@H]4[C@H](O)C[C@@H]5C[C@H](O)CC[C@]5(C)[C@H]4CC[C@]23C)oc1C. The number of aromatic nitrogens is 1. The molecule has 1 aromatic rings. The lowest BCUT2D eigenvalue weighted by atomic mass is 9.43. The Balaban J connectivity index is 1.26. The second kappa shape index (κ2) is 9.72. The molecule has 0 unspecified atom stereocenters. The predicted molar refractivity (Wildman–Crippen MR) is 137 cm³/mol. The summed E-state index contributed by atoms with van der Waals surface area (Å²) in [7, 11) is 1.40. The van der Waals surface area contributed by atoms with E-state index >= 15 is 0 Å². The first-order valence-corrected chi connectivity index (χ1v) is 14.4. The van der Waals surface area contributed by atoms with Gasteiger partial charge in [0.15, 0.2) is 5.89 Å². The van der Waals surface area contributed by atoms with Crippen molar-refractivity contribution < 1.29 is 24.2 Å². The van der Waals surface area contributed by atoms with Crippen LogP contribution in [0, 0.1) is 53.3 Å². The Kier molecular flexibility index (Phi) is 7.08. The Labute approximate surface area is 216 Å². The molecule has 0 aliphatic heterocycles. The number of ether oxygens (including phenoxy) is 1. The zero-order valence-electron chi connectivity index (χ0n) is 23.0. The molecule has 10 atom stereocenters. The summed E-state index contributed by atoms with van der Waals surface area (Å²) >= 11 is 0. The van der Waals surface area contributed by atoms with Crippen LogP contribution in [0.5, 0.6) is 0 Å². The zero-order valence-corrected chi connectivity index (χ0v) is 23.0. The standard InChI is InChI=1S/C30H47NO5/c1-17(6-9-26-31-24(18(2)36-26)16-27(34)35-5)21-7-8-22-28-23(11-13-30(21,22)4)29(3)12-10-20(32)14-19(29)15-25(28)33/h17,19-23,25,28,32-33H,6-16H2,1-5H3/t17-,19+,20-,21-,22+,23+,25-,28+,29+,30-/m1/s1. The van der Waals surface area contributed by atoms with E-state index in [1.807, 2.05) is 6.92 Å².